The van der Waals surface area contributed by atoms with Crippen LogP contribution in [0.15, 0.2) is 0 Å². The van der Waals surface area contributed by atoms with Crippen molar-refractivity contribution in [3.8, 4) is 0 Å². The van der Waals surface area contributed by atoms with E-state index in [0.29, 0.717) is 19.6 Å². The number of rotatable bonds is 3. The zero-order valence-corrected chi connectivity index (χ0v) is 8.42. The van der Waals surface area contributed by atoms with Crippen LogP contribution in [0.25, 0.3) is 0 Å². The molecule has 0 spiro atoms. The van der Waals surface area contributed by atoms with Crippen molar-refractivity contribution in [1.82, 2.24) is 5.32 Å². The number of ether oxygens (including phenoxy) is 1. The van der Waals surface area contributed by atoms with Crippen LogP contribution in [-0.2, 0) is 9.53 Å². The summed E-state index contributed by atoms with van der Waals surface area (Å²) in [4.78, 5) is 11.6. The zero-order chi connectivity index (χ0) is 10.0. The Morgan fingerprint density at radius 1 is 1.43 bits per heavy atom. The molecule has 3 N–H and O–H groups in total. The van der Waals surface area contributed by atoms with Crippen LogP contribution >= 0.6 is 0 Å². The molecule has 1 saturated heterocycles. The number of hydrogen-bond donors (Lipinski definition) is 2. The Kier molecular flexibility index (Phi) is 2.74. The average Bonchev–Trinajstić information content (AvgIpc) is 2.44. The number of nitrogens with one attached hydrogen (secondary N) is 1. The summed E-state index contributed by atoms with van der Waals surface area (Å²) in [6.07, 6.45) is 4.78. The predicted octanol–water partition coefficient (Wildman–Crippen LogP) is 0.163. The van der Waals surface area contributed by atoms with Gasteiger partial charge in [-0.15, -0.1) is 0 Å². The highest BCUT2D eigenvalue weighted by atomic mass is 16.5. The Morgan fingerprint density at radius 3 is 2.57 bits per heavy atom. The van der Waals surface area contributed by atoms with Crippen molar-refractivity contribution in [3.05, 3.63) is 0 Å². The van der Waals surface area contributed by atoms with Gasteiger partial charge in [-0.05, 0) is 12.8 Å². The van der Waals surface area contributed by atoms with Crippen molar-refractivity contribution in [2.45, 2.75) is 43.7 Å². The number of nitrogens with two attached hydrogens (primary N) is 1. The number of carbonyl (C=O) groups is 1. The largest absolute Gasteiger partial charge is 0.377 e. The molecule has 14 heavy (non-hydrogen) atoms. The first-order valence-corrected chi connectivity index (χ1v) is 5.34. The van der Waals surface area contributed by atoms with Crippen LogP contribution in [-0.4, -0.2) is 30.7 Å². The first kappa shape index (κ1) is 9.93. The van der Waals surface area contributed by atoms with Gasteiger partial charge in [0, 0.05) is 12.0 Å². The van der Waals surface area contributed by atoms with Crippen LogP contribution < -0.4 is 11.1 Å². The number of carbonyl (C=O) groups excluding carboxylic acids is 1. The van der Waals surface area contributed by atoms with E-state index in [1.54, 1.807) is 0 Å². The molecule has 2 rings (SSSR count). The molecule has 0 aromatic heterocycles. The van der Waals surface area contributed by atoms with E-state index >= 15 is 0 Å². The Labute approximate surface area is 84.2 Å². The van der Waals surface area contributed by atoms with Crippen LogP contribution in [0.3, 0.4) is 0 Å². The molecule has 0 atom stereocenters. The van der Waals surface area contributed by atoms with E-state index in [0.717, 1.165) is 25.7 Å². The molecule has 2 fully saturated rings. The lowest BCUT2D eigenvalue weighted by atomic mass is 9.94. The molecule has 80 valence electrons. The summed E-state index contributed by atoms with van der Waals surface area (Å²) < 4.78 is 4.98. The summed E-state index contributed by atoms with van der Waals surface area (Å²) in [7, 11) is 0. The van der Waals surface area contributed by atoms with E-state index in [1.807, 2.05) is 0 Å². The second kappa shape index (κ2) is 3.87. The van der Waals surface area contributed by atoms with Gasteiger partial charge in [-0.1, -0.05) is 12.8 Å². The molecule has 0 aromatic carbocycles. The fourth-order valence-electron chi connectivity index (χ4n) is 2.17. The SMILES string of the molecule is NC1(CC(=O)NC2COC2)CCCC1. The third-order valence-corrected chi connectivity index (χ3v) is 3.12. The van der Waals surface area contributed by atoms with E-state index in [9.17, 15) is 4.79 Å². The highest BCUT2D eigenvalue weighted by Crippen LogP contribution is 2.29. The quantitative estimate of drug-likeness (QED) is 0.679. The molecule has 1 heterocycles. The summed E-state index contributed by atoms with van der Waals surface area (Å²) in [6, 6.07) is 0.229. The average molecular weight is 198 g/mol. The normalized spacial score (nSPS) is 25.8. The van der Waals surface area contributed by atoms with E-state index in [-0.39, 0.29) is 17.5 Å². The Balaban J connectivity index is 1.75. The molecular formula is C10H18N2O2. The van der Waals surface area contributed by atoms with E-state index in [4.69, 9.17) is 10.5 Å². The van der Waals surface area contributed by atoms with Crippen molar-refractivity contribution in [2.24, 2.45) is 5.73 Å². The first-order chi connectivity index (χ1) is 6.68. The molecule has 1 saturated carbocycles. The molecule has 1 amide bonds. The van der Waals surface area contributed by atoms with E-state index in [2.05, 4.69) is 5.32 Å². The molecule has 2 aliphatic rings. The van der Waals surface area contributed by atoms with Gasteiger partial charge in [0.2, 0.25) is 5.91 Å². The number of amides is 1. The molecule has 0 radical (unpaired) electrons. The lowest BCUT2D eigenvalue weighted by Crippen LogP contribution is -2.51. The lowest BCUT2D eigenvalue weighted by Gasteiger charge is -2.29. The molecule has 1 aliphatic carbocycles. The lowest BCUT2D eigenvalue weighted by molar-refractivity contribution is -0.126. The van der Waals surface area contributed by atoms with Crippen LogP contribution in [0.4, 0.5) is 0 Å². The molecular weight excluding hydrogens is 180 g/mol. The second-order valence-corrected chi connectivity index (χ2v) is 4.55. The first-order valence-electron chi connectivity index (χ1n) is 5.34. The molecule has 0 unspecified atom stereocenters. The van der Waals surface area contributed by atoms with Gasteiger partial charge in [-0.2, -0.15) is 0 Å². The minimum absolute atomic E-state index is 0.0858. The molecule has 0 aromatic rings. The smallest absolute Gasteiger partial charge is 0.222 e. The van der Waals surface area contributed by atoms with Crippen molar-refractivity contribution in [1.29, 1.82) is 0 Å². The fraction of sp³-hybridized carbons (Fsp3) is 0.900. The highest BCUT2D eigenvalue weighted by Gasteiger charge is 2.32. The summed E-state index contributed by atoms with van der Waals surface area (Å²) in [5.74, 6) is 0.0858. The third-order valence-electron chi connectivity index (χ3n) is 3.12. The van der Waals surface area contributed by atoms with Crippen molar-refractivity contribution >= 4 is 5.91 Å². The molecule has 0 bridgehead atoms. The van der Waals surface area contributed by atoms with E-state index < -0.39 is 0 Å². The Hall–Kier alpha value is -0.610. The van der Waals surface area contributed by atoms with Crippen LogP contribution in [0, 0.1) is 0 Å². The number of hydrogen-bond acceptors (Lipinski definition) is 3. The van der Waals surface area contributed by atoms with Gasteiger partial charge >= 0.3 is 0 Å². The zero-order valence-electron chi connectivity index (χ0n) is 8.42. The predicted molar refractivity (Wildman–Crippen MR) is 52.8 cm³/mol. The van der Waals surface area contributed by atoms with Gasteiger partial charge < -0.3 is 15.8 Å². The van der Waals surface area contributed by atoms with Crippen molar-refractivity contribution in [2.75, 3.05) is 13.2 Å². The topological polar surface area (TPSA) is 64.4 Å². The van der Waals surface area contributed by atoms with Gasteiger partial charge in [0.1, 0.15) is 0 Å². The molecule has 4 heteroatoms. The summed E-state index contributed by atoms with van der Waals surface area (Å²) in [5, 5.41) is 2.92. The monoisotopic (exact) mass is 198 g/mol. The van der Waals surface area contributed by atoms with Crippen molar-refractivity contribution < 1.29 is 9.53 Å². The second-order valence-electron chi connectivity index (χ2n) is 4.55. The van der Waals surface area contributed by atoms with Crippen LogP contribution in [0.5, 0.6) is 0 Å². The van der Waals surface area contributed by atoms with Crippen LogP contribution in [0.1, 0.15) is 32.1 Å². The van der Waals surface area contributed by atoms with Gasteiger partial charge in [-0.25, -0.2) is 0 Å². The Bertz CT molecular complexity index is 220. The van der Waals surface area contributed by atoms with Gasteiger partial charge in [0.05, 0.1) is 19.3 Å². The Morgan fingerprint density at radius 2 is 2.07 bits per heavy atom. The minimum atomic E-state index is -0.227. The fourth-order valence-corrected chi connectivity index (χ4v) is 2.17. The summed E-state index contributed by atoms with van der Waals surface area (Å²) in [5.41, 5.74) is 5.88. The van der Waals surface area contributed by atoms with Crippen molar-refractivity contribution in [3.63, 3.8) is 0 Å². The highest BCUT2D eigenvalue weighted by molar-refractivity contribution is 5.77. The maximum Gasteiger partial charge on any atom is 0.222 e. The maximum atomic E-state index is 11.6. The molecule has 1 aliphatic heterocycles. The molecule has 4 nitrogen and oxygen atoms in total. The van der Waals surface area contributed by atoms with Gasteiger partial charge in [0.25, 0.3) is 0 Å². The summed E-state index contributed by atoms with van der Waals surface area (Å²) in [6.45, 7) is 1.31. The van der Waals surface area contributed by atoms with Gasteiger partial charge in [-0.3, -0.25) is 4.79 Å². The minimum Gasteiger partial charge on any atom is -0.377 e. The maximum absolute atomic E-state index is 11.6. The van der Waals surface area contributed by atoms with E-state index in [1.165, 1.54) is 0 Å². The van der Waals surface area contributed by atoms with Crippen LogP contribution in [0.2, 0.25) is 0 Å². The third kappa shape index (κ3) is 2.25. The van der Waals surface area contributed by atoms with Gasteiger partial charge in [0.15, 0.2) is 0 Å². The standard InChI is InChI=1S/C10H18N2O2/c11-10(3-1-2-4-10)5-9(13)12-8-6-14-7-8/h8H,1-7,11H2,(H,12,13). The summed E-state index contributed by atoms with van der Waals surface area (Å²) >= 11 is 0.